The van der Waals surface area contributed by atoms with Crippen molar-refractivity contribution < 1.29 is 0 Å². The van der Waals surface area contributed by atoms with Crippen molar-refractivity contribution in [1.29, 1.82) is 0 Å². The molecule has 2 rings (SSSR count). The maximum atomic E-state index is 6.12. The van der Waals surface area contributed by atoms with Gasteiger partial charge in [-0.1, -0.05) is 36.6 Å². The monoisotopic (exact) mass is 266 g/mol. The first-order valence-electron chi connectivity index (χ1n) is 7.00. The number of anilines is 1. The topological polar surface area (TPSA) is 15.3 Å². The summed E-state index contributed by atoms with van der Waals surface area (Å²) in [5.41, 5.74) is 1.04. The van der Waals surface area contributed by atoms with Crippen molar-refractivity contribution >= 4 is 17.3 Å². The van der Waals surface area contributed by atoms with Crippen LogP contribution in [0.15, 0.2) is 24.3 Å². The molecule has 1 N–H and O–H groups in total. The van der Waals surface area contributed by atoms with Gasteiger partial charge in [-0.3, -0.25) is 4.90 Å². The quantitative estimate of drug-likeness (QED) is 0.886. The lowest BCUT2D eigenvalue weighted by Crippen LogP contribution is -2.36. The van der Waals surface area contributed by atoms with Crippen molar-refractivity contribution in [2.24, 2.45) is 0 Å². The Balaban J connectivity index is 1.79. The van der Waals surface area contributed by atoms with Crippen molar-refractivity contribution in [2.75, 3.05) is 25.0 Å². The molecule has 1 aliphatic heterocycles. The molecule has 0 radical (unpaired) electrons. The molecule has 0 aromatic heterocycles. The van der Waals surface area contributed by atoms with E-state index in [4.69, 9.17) is 11.6 Å². The highest BCUT2D eigenvalue weighted by Gasteiger charge is 2.15. The van der Waals surface area contributed by atoms with Crippen molar-refractivity contribution in [3.05, 3.63) is 29.3 Å². The number of hydrogen-bond donors (Lipinski definition) is 1. The normalized spacial score (nSPS) is 21.6. The second-order valence-electron chi connectivity index (χ2n) is 5.14. The third-order valence-electron chi connectivity index (χ3n) is 3.78. The minimum absolute atomic E-state index is 0.723. The third kappa shape index (κ3) is 3.89. The zero-order valence-corrected chi connectivity index (χ0v) is 11.9. The largest absolute Gasteiger partial charge is 0.383 e. The Bertz CT molecular complexity index is 367. The van der Waals surface area contributed by atoms with Gasteiger partial charge in [0.1, 0.15) is 0 Å². The number of para-hydroxylation sites is 1. The van der Waals surface area contributed by atoms with Crippen LogP contribution < -0.4 is 5.32 Å². The highest BCUT2D eigenvalue weighted by Crippen LogP contribution is 2.20. The molecule has 1 aromatic carbocycles. The Morgan fingerprint density at radius 3 is 2.94 bits per heavy atom. The fraction of sp³-hybridized carbons (Fsp3) is 0.600. The minimum Gasteiger partial charge on any atom is -0.383 e. The maximum absolute atomic E-state index is 6.12. The van der Waals surface area contributed by atoms with Crippen LogP contribution in [-0.4, -0.2) is 30.6 Å². The first-order valence-corrected chi connectivity index (χ1v) is 7.37. The minimum atomic E-state index is 0.723. The van der Waals surface area contributed by atoms with Gasteiger partial charge in [0.15, 0.2) is 0 Å². The van der Waals surface area contributed by atoms with Crippen LogP contribution in [0, 0.1) is 0 Å². The average molecular weight is 267 g/mol. The SMILES string of the molecule is CC1CCCCCN1CCNc1ccccc1Cl. The highest BCUT2D eigenvalue weighted by atomic mass is 35.5. The number of nitrogens with one attached hydrogen (secondary N) is 1. The fourth-order valence-corrected chi connectivity index (χ4v) is 2.81. The summed E-state index contributed by atoms with van der Waals surface area (Å²) in [5, 5.41) is 4.23. The number of halogens is 1. The molecule has 1 heterocycles. The smallest absolute Gasteiger partial charge is 0.0637 e. The van der Waals surface area contributed by atoms with E-state index in [2.05, 4.69) is 17.1 Å². The van der Waals surface area contributed by atoms with Crippen LogP contribution in [0.5, 0.6) is 0 Å². The van der Waals surface area contributed by atoms with Gasteiger partial charge in [-0.05, 0) is 38.4 Å². The Kier molecular flexibility index (Phi) is 5.33. The molecule has 1 saturated heterocycles. The lowest BCUT2D eigenvalue weighted by molar-refractivity contribution is 0.222. The molecular weight excluding hydrogens is 244 g/mol. The molecule has 18 heavy (non-hydrogen) atoms. The molecule has 3 heteroatoms. The number of likely N-dealkylation sites (tertiary alicyclic amines) is 1. The number of hydrogen-bond acceptors (Lipinski definition) is 2. The summed E-state index contributed by atoms with van der Waals surface area (Å²) in [6.07, 6.45) is 5.46. The molecule has 0 bridgehead atoms. The fourth-order valence-electron chi connectivity index (χ4n) is 2.61. The van der Waals surface area contributed by atoms with Crippen LogP contribution in [0.1, 0.15) is 32.6 Å². The Labute approximate surface area is 115 Å². The van der Waals surface area contributed by atoms with E-state index >= 15 is 0 Å². The molecule has 1 atom stereocenters. The van der Waals surface area contributed by atoms with E-state index < -0.39 is 0 Å². The van der Waals surface area contributed by atoms with E-state index in [9.17, 15) is 0 Å². The molecule has 0 saturated carbocycles. The summed E-state index contributed by atoms with van der Waals surface area (Å²) in [4.78, 5) is 2.59. The Morgan fingerprint density at radius 2 is 2.11 bits per heavy atom. The Hall–Kier alpha value is -0.730. The van der Waals surface area contributed by atoms with E-state index in [1.54, 1.807) is 0 Å². The molecule has 100 valence electrons. The van der Waals surface area contributed by atoms with Gasteiger partial charge in [-0.15, -0.1) is 0 Å². The second-order valence-corrected chi connectivity index (χ2v) is 5.55. The van der Waals surface area contributed by atoms with Crippen molar-refractivity contribution in [3.8, 4) is 0 Å². The van der Waals surface area contributed by atoms with Gasteiger partial charge in [0.05, 0.1) is 10.7 Å². The van der Waals surface area contributed by atoms with Crippen LogP contribution in [-0.2, 0) is 0 Å². The first kappa shape index (κ1) is 13.7. The van der Waals surface area contributed by atoms with Crippen LogP contribution in [0.25, 0.3) is 0 Å². The van der Waals surface area contributed by atoms with Crippen LogP contribution >= 0.6 is 11.6 Å². The summed E-state index contributed by atoms with van der Waals surface area (Å²) in [6.45, 7) is 5.66. The van der Waals surface area contributed by atoms with Crippen LogP contribution in [0.2, 0.25) is 5.02 Å². The molecule has 0 spiro atoms. The lowest BCUT2D eigenvalue weighted by atomic mass is 10.1. The predicted molar refractivity (Wildman–Crippen MR) is 79.4 cm³/mol. The van der Waals surface area contributed by atoms with Crippen molar-refractivity contribution in [2.45, 2.75) is 38.6 Å². The van der Waals surface area contributed by atoms with Gasteiger partial charge >= 0.3 is 0 Å². The average Bonchev–Trinajstić information content (AvgIpc) is 2.57. The number of benzene rings is 1. The van der Waals surface area contributed by atoms with E-state index in [-0.39, 0.29) is 0 Å². The zero-order valence-electron chi connectivity index (χ0n) is 11.2. The highest BCUT2D eigenvalue weighted by molar-refractivity contribution is 6.33. The van der Waals surface area contributed by atoms with Crippen LogP contribution in [0.4, 0.5) is 5.69 Å². The first-order chi connectivity index (χ1) is 8.77. The maximum Gasteiger partial charge on any atom is 0.0637 e. The van der Waals surface area contributed by atoms with Crippen molar-refractivity contribution in [3.63, 3.8) is 0 Å². The standard InChI is InChI=1S/C15H23ClN2/c1-13-7-3-2-6-11-18(13)12-10-17-15-9-5-4-8-14(15)16/h4-5,8-9,13,17H,2-3,6-7,10-12H2,1H3. The van der Waals surface area contributed by atoms with Gasteiger partial charge in [0, 0.05) is 19.1 Å². The predicted octanol–water partition coefficient (Wildman–Crippen LogP) is 4.02. The van der Waals surface area contributed by atoms with Gasteiger partial charge < -0.3 is 5.32 Å². The molecule has 1 aromatic rings. The molecular formula is C15H23ClN2. The summed E-state index contributed by atoms with van der Waals surface area (Å²) in [5.74, 6) is 0. The van der Waals surface area contributed by atoms with Gasteiger partial charge in [-0.25, -0.2) is 0 Å². The third-order valence-corrected chi connectivity index (χ3v) is 4.11. The lowest BCUT2D eigenvalue weighted by Gasteiger charge is -2.27. The van der Waals surface area contributed by atoms with E-state index in [1.165, 1.54) is 32.2 Å². The number of rotatable bonds is 4. The summed E-state index contributed by atoms with van der Waals surface area (Å²) >= 11 is 6.12. The Morgan fingerprint density at radius 1 is 1.28 bits per heavy atom. The van der Waals surface area contributed by atoms with Crippen molar-refractivity contribution in [1.82, 2.24) is 4.90 Å². The van der Waals surface area contributed by atoms with E-state index in [0.717, 1.165) is 29.8 Å². The zero-order chi connectivity index (χ0) is 12.8. The van der Waals surface area contributed by atoms with Gasteiger partial charge in [0.25, 0.3) is 0 Å². The molecule has 1 fully saturated rings. The molecule has 0 aliphatic carbocycles. The second kappa shape index (κ2) is 7.01. The van der Waals surface area contributed by atoms with E-state index in [0.29, 0.717) is 0 Å². The summed E-state index contributed by atoms with van der Waals surface area (Å²) in [7, 11) is 0. The van der Waals surface area contributed by atoms with Gasteiger partial charge in [0.2, 0.25) is 0 Å². The molecule has 1 aliphatic rings. The van der Waals surface area contributed by atoms with E-state index in [1.807, 2.05) is 24.3 Å². The summed E-state index contributed by atoms with van der Waals surface area (Å²) < 4.78 is 0. The molecule has 2 nitrogen and oxygen atoms in total. The van der Waals surface area contributed by atoms with Crippen LogP contribution in [0.3, 0.4) is 0 Å². The number of nitrogens with zero attached hydrogens (tertiary/aromatic N) is 1. The summed E-state index contributed by atoms with van der Waals surface area (Å²) in [6, 6.07) is 8.67. The molecule has 1 unspecified atom stereocenters. The van der Waals surface area contributed by atoms with Gasteiger partial charge in [-0.2, -0.15) is 0 Å². The molecule has 0 amide bonds.